The Morgan fingerprint density at radius 2 is 1.01 bits per heavy atom. The number of halogens is 11. The monoisotopic (exact) mass is 1210 g/mol. The molecule has 0 atom stereocenters. The van der Waals surface area contributed by atoms with Gasteiger partial charge in [-0.15, -0.1) is 23.5 Å². The summed E-state index contributed by atoms with van der Waals surface area (Å²) in [5.41, 5.74) is 3.93. The normalized spacial score (nSPS) is 11.3. The highest BCUT2D eigenvalue weighted by atomic mass is 79.9. The number of hydrogen-bond donors (Lipinski definition) is 5. The number of nitrogen functional groups attached to an aromatic ring is 2. The Labute approximate surface area is 438 Å². The largest absolute Gasteiger partial charge is 0.431 e. The third-order valence-electron chi connectivity index (χ3n) is 9.80. The van der Waals surface area contributed by atoms with Crippen molar-refractivity contribution in [2.75, 3.05) is 65.0 Å². The summed E-state index contributed by atoms with van der Waals surface area (Å²) >= 11 is 9.30. The number of nitrogens with one attached hydrogen (secondary N) is 3. The minimum absolute atomic E-state index is 0. The SMILES string of the molecule is C.CCSc1cc(Br)cnc1C(=O)N(C)c1c(N)cc(C(F)(F)F)n(CC)c1=O.CCSc1cc(Br)cnc1C(=O)Nc1cc(C(F)(F)F)n(CC)c(=O)c1NC.CCn1c(C(F)(F)F)cc(N)c(NC)c1=O. The second-order valence-corrected chi connectivity index (χ2v) is 18.8. The first-order valence-corrected chi connectivity index (χ1v) is 24.6. The van der Waals surface area contributed by atoms with Gasteiger partial charge in [0.25, 0.3) is 28.5 Å². The summed E-state index contributed by atoms with van der Waals surface area (Å²) in [6.07, 6.45) is -11.2. The van der Waals surface area contributed by atoms with Gasteiger partial charge in [-0.1, -0.05) is 21.3 Å². The Kier molecular flexibility index (Phi) is 23.0. The molecule has 0 aliphatic heterocycles. The van der Waals surface area contributed by atoms with Crippen LogP contribution in [0.1, 0.15) is 80.1 Å². The van der Waals surface area contributed by atoms with Crippen molar-refractivity contribution in [3.8, 4) is 0 Å². The van der Waals surface area contributed by atoms with Crippen LogP contribution in [0.4, 0.5) is 73.6 Å². The second-order valence-electron chi connectivity index (χ2n) is 14.3. The van der Waals surface area contributed by atoms with E-state index in [9.17, 15) is 63.5 Å². The van der Waals surface area contributed by atoms with E-state index in [0.29, 0.717) is 50.0 Å². The molecule has 16 nitrogen and oxygen atoms in total. The van der Waals surface area contributed by atoms with Crippen molar-refractivity contribution in [3.05, 3.63) is 111 Å². The highest BCUT2D eigenvalue weighted by Gasteiger charge is 2.38. The lowest BCUT2D eigenvalue weighted by Crippen LogP contribution is -2.37. The fourth-order valence-corrected chi connectivity index (χ4v) is 9.25. The first-order valence-electron chi connectivity index (χ1n) is 21.1. The van der Waals surface area contributed by atoms with Crippen molar-refractivity contribution in [2.45, 2.75) is 90.0 Å². The molecule has 5 heterocycles. The van der Waals surface area contributed by atoms with Gasteiger partial charge in [0.2, 0.25) is 0 Å². The number of alkyl halides is 9. The van der Waals surface area contributed by atoms with Crippen LogP contribution in [-0.2, 0) is 38.2 Å². The smallest absolute Gasteiger partial charge is 0.397 e. The topological polar surface area (TPSA) is 217 Å². The van der Waals surface area contributed by atoms with Gasteiger partial charge in [0.05, 0.1) is 17.1 Å². The maximum absolute atomic E-state index is 13.4. The number of rotatable bonds is 13. The Morgan fingerprint density at radius 1 is 0.630 bits per heavy atom. The number of thioether (sulfide) groups is 2. The van der Waals surface area contributed by atoms with Crippen LogP contribution in [-0.4, -0.2) is 68.1 Å². The van der Waals surface area contributed by atoms with Gasteiger partial charge in [0.1, 0.15) is 45.5 Å². The van der Waals surface area contributed by atoms with Gasteiger partial charge in [-0.3, -0.25) is 24.0 Å². The molecule has 402 valence electrons. The molecule has 0 fully saturated rings. The van der Waals surface area contributed by atoms with Crippen molar-refractivity contribution >= 4 is 101 Å². The van der Waals surface area contributed by atoms with Crippen molar-refractivity contribution in [3.63, 3.8) is 0 Å². The predicted octanol–water partition coefficient (Wildman–Crippen LogP) is 10.6. The lowest BCUT2D eigenvalue weighted by atomic mass is 10.2. The van der Waals surface area contributed by atoms with Crippen LogP contribution in [0.2, 0.25) is 0 Å². The summed E-state index contributed by atoms with van der Waals surface area (Å²) < 4.78 is 121. The minimum Gasteiger partial charge on any atom is -0.397 e. The molecule has 0 unspecified atom stereocenters. The van der Waals surface area contributed by atoms with Gasteiger partial charge in [-0.25, -0.2) is 9.97 Å². The first-order chi connectivity index (χ1) is 33.5. The van der Waals surface area contributed by atoms with Gasteiger partial charge < -0.3 is 46.0 Å². The summed E-state index contributed by atoms with van der Waals surface area (Å²) in [4.78, 5) is 72.7. The van der Waals surface area contributed by atoms with E-state index in [-0.39, 0.29) is 66.9 Å². The maximum atomic E-state index is 13.4. The fourth-order valence-electron chi connectivity index (χ4n) is 6.69. The van der Waals surface area contributed by atoms with E-state index in [1.54, 1.807) is 12.1 Å². The molecule has 0 aliphatic rings. The molecule has 5 aromatic rings. The standard InChI is InChI=1S/2C17H18BrF3N4O2S.C9H12F3N3O.CH4/c1-4-25-12(17(19,20)21)7-10(22)14(16(25)27)24(3)15(26)13-11(28-5-2)6-9(18)8-23-13;1-4-25-12(17(19,20)21)7-10(13(22-3)16(25)27)24-15(26)14-11(28-5-2)6-9(18)8-23-14;1-3-15-6(9(10,11)12)4-5(13)7(14-2)8(15)16;/h6-8H,4-5,22H2,1-3H3;6-8,22H,4-5H2,1-3H3,(H,24,26);4,14H,3,13H2,1-2H3;1H4. The number of carbonyl (C=O) groups excluding carboxylic acids is 2. The van der Waals surface area contributed by atoms with E-state index in [1.807, 2.05) is 13.8 Å². The van der Waals surface area contributed by atoms with E-state index in [4.69, 9.17) is 11.5 Å². The highest BCUT2D eigenvalue weighted by molar-refractivity contribution is 9.10. The molecule has 0 bridgehead atoms. The lowest BCUT2D eigenvalue weighted by molar-refractivity contribution is -0.144. The molecule has 7 N–H and O–H groups in total. The van der Waals surface area contributed by atoms with E-state index in [1.165, 1.54) is 77.8 Å². The summed E-state index contributed by atoms with van der Waals surface area (Å²) in [6.45, 7) is 7.65. The second kappa shape index (κ2) is 26.5. The third-order valence-corrected chi connectivity index (χ3v) is 12.5. The predicted molar refractivity (Wildman–Crippen MR) is 276 cm³/mol. The summed E-state index contributed by atoms with van der Waals surface area (Å²) in [6, 6.07) is 5.59. The number of nitrogens with two attached hydrogens (primary N) is 2. The van der Waals surface area contributed by atoms with Crippen molar-refractivity contribution in [1.82, 2.24) is 23.7 Å². The Bertz CT molecular complexity index is 2970. The molecule has 0 aliphatic carbocycles. The number of aromatic nitrogens is 5. The number of pyridine rings is 5. The molecule has 0 saturated carbocycles. The quantitative estimate of drug-likeness (QED) is 0.0548. The van der Waals surface area contributed by atoms with E-state index in [0.717, 1.165) is 17.0 Å². The van der Waals surface area contributed by atoms with Crippen LogP contribution in [0.15, 0.2) is 75.8 Å². The van der Waals surface area contributed by atoms with Gasteiger partial charge in [0.15, 0.2) is 0 Å². The molecule has 29 heteroatoms. The first kappa shape index (κ1) is 63.4. The number of carbonyl (C=O) groups is 2. The van der Waals surface area contributed by atoms with E-state index < -0.39 is 69.8 Å². The molecule has 73 heavy (non-hydrogen) atoms. The Morgan fingerprint density at radius 3 is 1.42 bits per heavy atom. The summed E-state index contributed by atoms with van der Waals surface area (Å²) in [5.74, 6) is -0.00520. The highest BCUT2D eigenvalue weighted by Crippen LogP contribution is 2.36. The Balaban J connectivity index is 0.000000387. The van der Waals surface area contributed by atoms with Gasteiger partial charge >= 0.3 is 18.5 Å². The molecule has 5 rings (SSSR count). The average Bonchev–Trinajstić information content (AvgIpc) is 3.28. The van der Waals surface area contributed by atoms with Crippen LogP contribution in [0.3, 0.4) is 0 Å². The number of nitrogens with zero attached hydrogens (tertiary/aromatic N) is 6. The molecule has 5 aromatic heterocycles. The van der Waals surface area contributed by atoms with E-state index >= 15 is 0 Å². The van der Waals surface area contributed by atoms with Crippen LogP contribution in [0, 0.1) is 0 Å². The molecule has 2 amide bonds. The van der Waals surface area contributed by atoms with Crippen molar-refractivity contribution < 1.29 is 49.1 Å². The molecule has 0 saturated heterocycles. The molecule has 0 radical (unpaired) electrons. The van der Waals surface area contributed by atoms with Gasteiger partial charge in [-0.05, 0) is 94.5 Å². The number of anilines is 6. The van der Waals surface area contributed by atoms with Crippen molar-refractivity contribution in [1.29, 1.82) is 0 Å². The van der Waals surface area contributed by atoms with Gasteiger partial charge in [0, 0.05) is 71.9 Å². The molecule has 0 aromatic carbocycles. The molecule has 0 spiro atoms. The fraction of sp³-hybridized carbons (Fsp3) is 0.386. The summed E-state index contributed by atoms with van der Waals surface area (Å²) in [5, 5.41) is 7.46. The van der Waals surface area contributed by atoms with Gasteiger partial charge in [-0.2, -0.15) is 39.5 Å². The van der Waals surface area contributed by atoms with E-state index in [2.05, 4.69) is 57.8 Å². The zero-order valence-electron chi connectivity index (χ0n) is 39.4. The maximum Gasteiger partial charge on any atom is 0.431 e. The van der Waals surface area contributed by atoms with Crippen LogP contribution in [0.25, 0.3) is 0 Å². The molecular formula is C44H52Br2F9N11O5S2. The zero-order chi connectivity index (χ0) is 54.8. The average molecular weight is 1210 g/mol. The number of hydrogen-bond acceptors (Lipinski definition) is 13. The van der Waals surface area contributed by atoms with Crippen LogP contribution >= 0.6 is 55.4 Å². The number of amides is 2. The van der Waals surface area contributed by atoms with Crippen LogP contribution in [0.5, 0.6) is 0 Å². The third kappa shape index (κ3) is 15.2. The zero-order valence-corrected chi connectivity index (χ0v) is 44.2. The molecular weight excluding hydrogens is 1160 g/mol. The van der Waals surface area contributed by atoms with Crippen LogP contribution < -0.4 is 49.0 Å². The Hall–Kier alpha value is -5.68. The minimum atomic E-state index is -4.75. The van der Waals surface area contributed by atoms with Crippen molar-refractivity contribution in [2.24, 2.45) is 0 Å². The summed E-state index contributed by atoms with van der Waals surface area (Å²) in [7, 11) is 4.11. The lowest BCUT2D eigenvalue weighted by Gasteiger charge is -2.22.